The van der Waals surface area contributed by atoms with Gasteiger partial charge in [0.25, 0.3) is 0 Å². The van der Waals surface area contributed by atoms with Crippen molar-refractivity contribution in [2.24, 2.45) is 0 Å². The molecule has 0 fully saturated rings. The highest BCUT2D eigenvalue weighted by Gasteiger charge is 2.38. The van der Waals surface area contributed by atoms with Gasteiger partial charge in [0.2, 0.25) is 0 Å². The summed E-state index contributed by atoms with van der Waals surface area (Å²) in [6, 6.07) is 74.8. The maximum absolute atomic E-state index is 3.82. The second-order valence-electron chi connectivity index (χ2n) is 13.0. The first-order chi connectivity index (χ1) is 24.8. The van der Waals surface area contributed by atoms with Crippen molar-refractivity contribution in [3.63, 3.8) is 0 Å². The molecule has 0 spiro atoms. The summed E-state index contributed by atoms with van der Waals surface area (Å²) in [5.41, 5.74) is 14.0. The summed E-state index contributed by atoms with van der Waals surface area (Å²) < 4.78 is 0. The molecule has 50 heavy (non-hydrogen) atoms. The van der Waals surface area contributed by atoms with E-state index < -0.39 is 5.41 Å². The van der Waals surface area contributed by atoms with Crippen LogP contribution in [0.3, 0.4) is 0 Å². The van der Waals surface area contributed by atoms with Gasteiger partial charge in [0.1, 0.15) is 0 Å². The van der Waals surface area contributed by atoms with Gasteiger partial charge in [-0.05, 0) is 74.3 Å². The Morgan fingerprint density at radius 2 is 0.720 bits per heavy atom. The number of hydrogen-bond acceptors (Lipinski definition) is 0. The highest BCUT2D eigenvalue weighted by molar-refractivity contribution is 6.14. The second-order valence-corrected chi connectivity index (χ2v) is 13.0. The first kappa shape index (κ1) is 29.7. The van der Waals surface area contributed by atoms with Crippen LogP contribution in [0.15, 0.2) is 206 Å². The predicted molar refractivity (Wildman–Crippen MR) is 210 cm³/mol. The third-order valence-corrected chi connectivity index (χ3v) is 10.2. The van der Waals surface area contributed by atoms with Crippen LogP contribution in [0.5, 0.6) is 0 Å². The zero-order valence-corrected chi connectivity index (χ0v) is 27.6. The first-order valence-corrected chi connectivity index (χ1v) is 17.3. The molecule has 0 amide bonds. The molecule has 236 valence electrons. The van der Waals surface area contributed by atoms with E-state index in [-0.39, 0.29) is 0 Å². The van der Waals surface area contributed by atoms with E-state index in [1.165, 1.54) is 66.4 Å². The Labute approximate surface area is 293 Å². The lowest BCUT2D eigenvalue weighted by atomic mass is 9.65. The number of rotatable bonds is 7. The SMILES string of the molecule is c1ccc(-c2ccc3[nH]c4c(-c5ccc(C(c6ccccc6)(c6ccccc6)c6ccccc6)cc5)cc(-c5ccccc5)cc4c3c2)cc1. The fourth-order valence-corrected chi connectivity index (χ4v) is 7.80. The minimum atomic E-state index is -0.488. The monoisotopic (exact) mass is 637 g/mol. The maximum Gasteiger partial charge on any atom is 0.0701 e. The highest BCUT2D eigenvalue weighted by Crippen LogP contribution is 2.46. The Balaban J connectivity index is 1.26. The topological polar surface area (TPSA) is 15.8 Å². The number of aromatic nitrogens is 1. The molecule has 0 bridgehead atoms. The molecule has 0 saturated carbocycles. The molecular formula is C49H35N. The van der Waals surface area contributed by atoms with E-state index in [1.54, 1.807) is 0 Å². The third-order valence-electron chi connectivity index (χ3n) is 10.2. The number of benzene rings is 8. The number of fused-ring (bicyclic) bond motifs is 3. The van der Waals surface area contributed by atoms with Crippen LogP contribution in [0.2, 0.25) is 0 Å². The van der Waals surface area contributed by atoms with E-state index in [1.807, 2.05) is 0 Å². The number of hydrogen-bond donors (Lipinski definition) is 1. The Morgan fingerprint density at radius 1 is 0.300 bits per heavy atom. The van der Waals surface area contributed by atoms with Crippen molar-refractivity contribution in [1.82, 2.24) is 4.98 Å². The Bertz CT molecular complexity index is 2440. The summed E-state index contributed by atoms with van der Waals surface area (Å²) in [6.45, 7) is 0. The molecule has 1 aromatic heterocycles. The van der Waals surface area contributed by atoms with Crippen molar-refractivity contribution in [3.8, 4) is 33.4 Å². The van der Waals surface area contributed by atoms with E-state index in [0.717, 1.165) is 11.0 Å². The zero-order valence-electron chi connectivity index (χ0n) is 27.6. The smallest absolute Gasteiger partial charge is 0.0701 e. The Morgan fingerprint density at radius 3 is 1.24 bits per heavy atom. The van der Waals surface area contributed by atoms with Gasteiger partial charge in [-0.3, -0.25) is 0 Å². The minimum absolute atomic E-state index is 0.488. The van der Waals surface area contributed by atoms with Gasteiger partial charge in [-0.25, -0.2) is 0 Å². The van der Waals surface area contributed by atoms with Crippen LogP contribution < -0.4 is 0 Å². The van der Waals surface area contributed by atoms with Crippen LogP contribution in [0, 0.1) is 0 Å². The maximum atomic E-state index is 3.82. The van der Waals surface area contributed by atoms with Gasteiger partial charge >= 0.3 is 0 Å². The summed E-state index contributed by atoms with van der Waals surface area (Å²) in [5.74, 6) is 0. The molecule has 1 heteroatoms. The van der Waals surface area contributed by atoms with Crippen molar-refractivity contribution in [2.45, 2.75) is 5.41 Å². The molecular weight excluding hydrogens is 603 g/mol. The van der Waals surface area contributed by atoms with Crippen LogP contribution in [0.25, 0.3) is 55.2 Å². The third kappa shape index (κ3) is 5.03. The summed E-state index contributed by atoms with van der Waals surface area (Å²) >= 11 is 0. The van der Waals surface area contributed by atoms with Gasteiger partial charge in [-0.1, -0.05) is 182 Å². The molecule has 1 nitrogen and oxygen atoms in total. The van der Waals surface area contributed by atoms with E-state index in [4.69, 9.17) is 0 Å². The second kappa shape index (κ2) is 12.5. The predicted octanol–water partition coefficient (Wildman–Crippen LogP) is 12.7. The van der Waals surface area contributed by atoms with Crippen molar-refractivity contribution in [1.29, 1.82) is 0 Å². The van der Waals surface area contributed by atoms with Crippen LogP contribution in [-0.2, 0) is 5.41 Å². The normalized spacial score (nSPS) is 11.6. The molecule has 1 N–H and O–H groups in total. The van der Waals surface area contributed by atoms with E-state index in [9.17, 15) is 0 Å². The lowest BCUT2D eigenvalue weighted by Gasteiger charge is -2.37. The van der Waals surface area contributed by atoms with Gasteiger partial charge < -0.3 is 4.98 Å². The largest absolute Gasteiger partial charge is 0.354 e. The van der Waals surface area contributed by atoms with Gasteiger partial charge in [0.05, 0.1) is 10.9 Å². The molecule has 9 rings (SSSR count). The molecule has 8 aromatic carbocycles. The number of H-pyrrole nitrogens is 1. The zero-order chi connectivity index (χ0) is 33.3. The van der Waals surface area contributed by atoms with Gasteiger partial charge in [-0.15, -0.1) is 0 Å². The molecule has 0 atom stereocenters. The van der Waals surface area contributed by atoms with E-state index >= 15 is 0 Å². The van der Waals surface area contributed by atoms with Crippen molar-refractivity contribution >= 4 is 21.8 Å². The number of nitrogens with one attached hydrogen (secondary N) is 1. The van der Waals surface area contributed by atoms with Crippen LogP contribution >= 0.6 is 0 Å². The fraction of sp³-hybridized carbons (Fsp3) is 0.0204. The van der Waals surface area contributed by atoms with Crippen LogP contribution in [0.1, 0.15) is 22.3 Å². The summed E-state index contributed by atoms with van der Waals surface area (Å²) in [6.07, 6.45) is 0. The average molecular weight is 638 g/mol. The van der Waals surface area contributed by atoms with Crippen LogP contribution in [-0.4, -0.2) is 4.98 Å². The van der Waals surface area contributed by atoms with Crippen molar-refractivity contribution < 1.29 is 0 Å². The molecule has 0 aliphatic rings. The average Bonchev–Trinajstić information content (AvgIpc) is 3.58. The summed E-state index contributed by atoms with van der Waals surface area (Å²) in [4.78, 5) is 3.82. The molecule has 0 unspecified atom stereocenters. The molecule has 0 aliphatic carbocycles. The molecule has 1 heterocycles. The molecule has 0 aliphatic heterocycles. The summed E-state index contributed by atoms with van der Waals surface area (Å²) in [7, 11) is 0. The standard InChI is InChI=1S/C49H35N/c1-6-16-35(17-7-1)38-28-31-47-45(32-38)46-34-39(36-18-8-2-9-19-36)33-44(48(46)50-47)37-26-29-43(30-27-37)49(40-20-10-3-11-21-40,41-22-12-4-13-23-41)42-24-14-5-15-25-42/h1-34,50H. The van der Waals surface area contributed by atoms with Crippen molar-refractivity contribution in [3.05, 3.63) is 229 Å². The van der Waals surface area contributed by atoms with E-state index in [2.05, 4.69) is 211 Å². The first-order valence-electron chi connectivity index (χ1n) is 17.3. The Kier molecular flexibility index (Phi) is 7.44. The molecule has 0 saturated heterocycles. The fourth-order valence-electron chi connectivity index (χ4n) is 7.80. The van der Waals surface area contributed by atoms with Crippen LogP contribution in [0.4, 0.5) is 0 Å². The molecule has 9 aromatic rings. The lowest BCUT2D eigenvalue weighted by molar-refractivity contribution is 0.745. The van der Waals surface area contributed by atoms with E-state index in [0.29, 0.717) is 0 Å². The molecule has 0 radical (unpaired) electrons. The Hall–Kier alpha value is -6.44. The quantitative estimate of drug-likeness (QED) is 0.167. The van der Waals surface area contributed by atoms with Gasteiger partial charge in [0.15, 0.2) is 0 Å². The highest BCUT2D eigenvalue weighted by atomic mass is 14.7. The minimum Gasteiger partial charge on any atom is -0.354 e. The lowest BCUT2D eigenvalue weighted by Crippen LogP contribution is -2.30. The number of aromatic amines is 1. The van der Waals surface area contributed by atoms with Crippen molar-refractivity contribution in [2.75, 3.05) is 0 Å². The van der Waals surface area contributed by atoms with Gasteiger partial charge in [0, 0.05) is 21.9 Å². The van der Waals surface area contributed by atoms with Gasteiger partial charge in [-0.2, -0.15) is 0 Å². The summed E-state index contributed by atoms with van der Waals surface area (Å²) in [5, 5.41) is 2.46.